The molecule has 3 rings (SSSR count). The van der Waals surface area contributed by atoms with Crippen molar-refractivity contribution in [3.05, 3.63) is 47.5 Å². The SMILES string of the molecule is O=C(O)CCC/C=C\C[C@@H]1C(c2ccc(C(O)C3CCCCC3)cc2)CC[C@H]1Cl. The molecule has 0 bridgehead atoms. The predicted octanol–water partition coefficient (Wildman–Crippen LogP) is 6.60. The molecule has 0 radical (unpaired) electrons. The molecule has 160 valence electrons. The summed E-state index contributed by atoms with van der Waals surface area (Å²) >= 11 is 6.64. The molecule has 2 fully saturated rings. The molecule has 3 nitrogen and oxygen atoms in total. The monoisotopic (exact) mass is 418 g/mol. The van der Waals surface area contributed by atoms with Crippen molar-refractivity contribution in [2.45, 2.75) is 88.0 Å². The van der Waals surface area contributed by atoms with E-state index >= 15 is 0 Å². The molecule has 4 heteroatoms. The number of aliphatic hydroxyl groups excluding tert-OH is 1. The number of alkyl halides is 1. The van der Waals surface area contributed by atoms with Crippen LogP contribution in [0, 0.1) is 11.8 Å². The van der Waals surface area contributed by atoms with Gasteiger partial charge in [-0.05, 0) is 73.8 Å². The summed E-state index contributed by atoms with van der Waals surface area (Å²) in [5.41, 5.74) is 2.38. The minimum Gasteiger partial charge on any atom is -0.481 e. The standard InChI is InChI=1S/C25H35ClO3/c26-23-17-16-21(22(23)10-6-1-2-7-11-24(27)28)18-12-14-20(15-13-18)25(29)19-8-4-3-5-9-19/h1,6,12-15,19,21-23,25,29H,2-5,7-11,16-17H2,(H,27,28)/b6-1-/t21?,22-,23-,25?/m1/s1. The molecule has 2 N–H and O–H groups in total. The lowest BCUT2D eigenvalue weighted by Crippen LogP contribution is -2.16. The van der Waals surface area contributed by atoms with Crippen molar-refractivity contribution in [2.75, 3.05) is 0 Å². The lowest BCUT2D eigenvalue weighted by Gasteiger charge is -2.27. The predicted molar refractivity (Wildman–Crippen MR) is 118 cm³/mol. The summed E-state index contributed by atoms with van der Waals surface area (Å²) in [7, 11) is 0. The highest BCUT2D eigenvalue weighted by molar-refractivity contribution is 6.21. The fraction of sp³-hybridized carbons (Fsp3) is 0.640. The normalized spacial score (nSPS) is 26.8. The van der Waals surface area contributed by atoms with Crippen molar-refractivity contribution in [3.8, 4) is 0 Å². The van der Waals surface area contributed by atoms with E-state index in [4.69, 9.17) is 16.7 Å². The van der Waals surface area contributed by atoms with E-state index in [1.807, 2.05) is 0 Å². The molecule has 0 saturated heterocycles. The Bertz CT molecular complexity index is 663. The first-order valence-electron chi connectivity index (χ1n) is 11.3. The van der Waals surface area contributed by atoms with E-state index < -0.39 is 5.97 Å². The maximum Gasteiger partial charge on any atom is 0.303 e. The highest BCUT2D eigenvalue weighted by atomic mass is 35.5. The summed E-state index contributed by atoms with van der Waals surface area (Å²) in [5, 5.41) is 19.6. The lowest BCUT2D eigenvalue weighted by molar-refractivity contribution is -0.137. The van der Waals surface area contributed by atoms with Gasteiger partial charge in [-0.25, -0.2) is 0 Å². The molecule has 2 unspecified atom stereocenters. The van der Waals surface area contributed by atoms with E-state index in [0.29, 0.717) is 24.2 Å². The van der Waals surface area contributed by atoms with Crippen LogP contribution < -0.4 is 0 Å². The van der Waals surface area contributed by atoms with E-state index in [9.17, 15) is 9.90 Å². The Balaban J connectivity index is 1.56. The second-order valence-electron chi connectivity index (χ2n) is 8.87. The third-order valence-corrected chi connectivity index (χ3v) is 7.42. The summed E-state index contributed by atoms with van der Waals surface area (Å²) in [5.74, 6) is 0.558. The highest BCUT2D eigenvalue weighted by Crippen LogP contribution is 2.45. The number of halogens is 1. The average Bonchev–Trinajstić information content (AvgIpc) is 3.11. The van der Waals surface area contributed by atoms with Gasteiger partial charge >= 0.3 is 5.97 Å². The summed E-state index contributed by atoms with van der Waals surface area (Å²) in [4.78, 5) is 10.6. The third kappa shape index (κ3) is 6.33. The molecule has 0 spiro atoms. The second-order valence-corrected chi connectivity index (χ2v) is 9.43. The Morgan fingerprint density at radius 1 is 1.07 bits per heavy atom. The van der Waals surface area contributed by atoms with Crippen LogP contribution in [0.1, 0.15) is 93.8 Å². The molecule has 1 aromatic carbocycles. The first kappa shape index (κ1) is 22.4. The van der Waals surface area contributed by atoms with Gasteiger partial charge in [-0.1, -0.05) is 55.7 Å². The van der Waals surface area contributed by atoms with Crippen molar-refractivity contribution in [1.29, 1.82) is 0 Å². The number of carbonyl (C=O) groups is 1. The zero-order valence-corrected chi connectivity index (χ0v) is 18.1. The van der Waals surface area contributed by atoms with Gasteiger partial charge in [-0.3, -0.25) is 4.79 Å². The quantitative estimate of drug-likeness (QED) is 0.269. The summed E-state index contributed by atoms with van der Waals surface area (Å²) in [6.45, 7) is 0. The molecule has 2 aliphatic carbocycles. The molecular weight excluding hydrogens is 384 g/mol. The van der Waals surface area contributed by atoms with Crippen LogP contribution >= 0.6 is 11.6 Å². The fourth-order valence-electron chi connectivity index (χ4n) is 5.15. The molecule has 0 heterocycles. The first-order valence-corrected chi connectivity index (χ1v) is 11.8. The van der Waals surface area contributed by atoms with Crippen molar-refractivity contribution >= 4 is 17.6 Å². The maximum absolute atomic E-state index is 10.7. The zero-order valence-electron chi connectivity index (χ0n) is 17.3. The van der Waals surface area contributed by atoms with Crippen LogP contribution in [0.15, 0.2) is 36.4 Å². The Morgan fingerprint density at radius 3 is 2.48 bits per heavy atom. The first-order chi connectivity index (χ1) is 14.1. The Hall–Kier alpha value is -1.32. The van der Waals surface area contributed by atoms with Gasteiger partial charge in [-0.15, -0.1) is 11.6 Å². The molecule has 0 aliphatic heterocycles. The largest absolute Gasteiger partial charge is 0.481 e. The van der Waals surface area contributed by atoms with Gasteiger partial charge in [-0.2, -0.15) is 0 Å². The second kappa shape index (κ2) is 11.2. The van der Waals surface area contributed by atoms with E-state index in [0.717, 1.165) is 44.1 Å². The van der Waals surface area contributed by atoms with Gasteiger partial charge in [0.1, 0.15) is 0 Å². The lowest BCUT2D eigenvalue weighted by atomic mass is 9.81. The van der Waals surface area contributed by atoms with E-state index in [-0.39, 0.29) is 17.9 Å². The van der Waals surface area contributed by atoms with E-state index in [1.54, 1.807) is 0 Å². The van der Waals surface area contributed by atoms with E-state index in [1.165, 1.54) is 24.8 Å². The third-order valence-electron chi connectivity index (χ3n) is 6.87. The minimum atomic E-state index is -0.730. The smallest absolute Gasteiger partial charge is 0.303 e. The molecule has 1 aromatic rings. The highest BCUT2D eigenvalue weighted by Gasteiger charge is 2.35. The van der Waals surface area contributed by atoms with E-state index in [2.05, 4.69) is 36.4 Å². The number of unbranched alkanes of at least 4 members (excludes halogenated alkanes) is 1. The van der Waals surface area contributed by atoms with Crippen LogP contribution in [0.4, 0.5) is 0 Å². The van der Waals surface area contributed by atoms with Gasteiger partial charge in [0.25, 0.3) is 0 Å². The summed E-state index contributed by atoms with van der Waals surface area (Å²) < 4.78 is 0. The minimum absolute atomic E-state index is 0.191. The summed E-state index contributed by atoms with van der Waals surface area (Å²) in [6.07, 6.45) is 14.8. The van der Waals surface area contributed by atoms with Gasteiger partial charge in [0.05, 0.1) is 6.10 Å². The summed E-state index contributed by atoms with van der Waals surface area (Å²) in [6, 6.07) is 8.64. The van der Waals surface area contributed by atoms with Crippen molar-refractivity contribution < 1.29 is 15.0 Å². The van der Waals surface area contributed by atoms with Crippen molar-refractivity contribution in [3.63, 3.8) is 0 Å². The van der Waals surface area contributed by atoms with Crippen LogP contribution in [0.2, 0.25) is 0 Å². The van der Waals surface area contributed by atoms with Crippen LogP contribution in [0.25, 0.3) is 0 Å². The van der Waals surface area contributed by atoms with Gasteiger partial charge < -0.3 is 10.2 Å². The number of carboxylic acid groups (broad SMARTS) is 1. The molecule has 2 aliphatic rings. The topological polar surface area (TPSA) is 57.5 Å². The number of allylic oxidation sites excluding steroid dienone is 2. The van der Waals surface area contributed by atoms with Crippen LogP contribution in [0.5, 0.6) is 0 Å². The molecule has 2 saturated carbocycles. The number of carboxylic acids is 1. The zero-order chi connectivity index (χ0) is 20.6. The van der Waals surface area contributed by atoms with Crippen molar-refractivity contribution in [2.24, 2.45) is 11.8 Å². The van der Waals surface area contributed by atoms with Gasteiger partial charge in [0.2, 0.25) is 0 Å². The number of aliphatic carboxylic acids is 1. The molecule has 0 aromatic heterocycles. The van der Waals surface area contributed by atoms with Gasteiger partial charge in [0.15, 0.2) is 0 Å². The van der Waals surface area contributed by atoms with Crippen LogP contribution in [-0.4, -0.2) is 21.6 Å². The number of rotatable bonds is 9. The Labute approximate surface area is 180 Å². The molecule has 0 amide bonds. The molecular formula is C25H35ClO3. The number of benzene rings is 1. The number of hydrogen-bond donors (Lipinski definition) is 2. The molecule has 4 atom stereocenters. The number of hydrogen-bond acceptors (Lipinski definition) is 2. The van der Waals surface area contributed by atoms with Crippen LogP contribution in [0.3, 0.4) is 0 Å². The fourth-order valence-corrected chi connectivity index (χ4v) is 5.55. The Kier molecular flexibility index (Phi) is 8.62. The van der Waals surface area contributed by atoms with Crippen LogP contribution in [-0.2, 0) is 4.79 Å². The molecule has 29 heavy (non-hydrogen) atoms. The maximum atomic E-state index is 10.7. The Morgan fingerprint density at radius 2 is 1.79 bits per heavy atom. The number of aliphatic hydroxyl groups is 1. The van der Waals surface area contributed by atoms with Crippen molar-refractivity contribution in [1.82, 2.24) is 0 Å². The average molecular weight is 419 g/mol. The van der Waals surface area contributed by atoms with Gasteiger partial charge in [0, 0.05) is 11.8 Å².